The van der Waals surface area contributed by atoms with Crippen molar-refractivity contribution in [3.05, 3.63) is 70.9 Å². The van der Waals surface area contributed by atoms with E-state index in [0.29, 0.717) is 30.5 Å². The van der Waals surface area contributed by atoms with Crippen LogP contribution in [0.15, 0.2) is 48.7 Å². The van der Waals surface area contributed by atoms with E-state index < -0.39 is 0 Å². The van der Waals surface area contributed by atoms with Crippen LogP contribution in [0, 0.1) is 25.2 Å². The van der Waals surface area contributed by atoms with E-state index >= 15 is 0 Å². The maximum Gasteiger partial charge on any atom is 0.229 e. The minimum atomic E-state index is -0.0155. The Balaban J connectivity index is 1.25. The van der Waals surface area contributed by atoms with E-state index in [1.807, 2.05) is 30.3 Å². The second-order valence-electron chi connectivity index (χ2n) is 10.3. The lowest BCUT2D eigenvalue weighted by molar-refractivity contribution is 0.145. The van der Waals surface area contributed by atoms with Crippen molar-refractivity contribution in [2.75, 3.05) is 63.4 Å². The minimum Gasteiger partial charge on any atom is -0.493 e. The van der Waals surface area contributed by atoms with Crippen LogP contribution in [0.2, 0.25) is 0 Å². The minimum absolute atomic E-state index is 0.0155. The van der Waals surface area contributed by atoms with E-state index in [1.165, 1.54) is 0 Å². The van der Waals surface area contributed by atoms with Crippen LogP contribution in [0.3, 0.4) is 0 Å². The number of nitriles is 1. The van der Waals surface area contributed by atoms with E-state index in [4.69, 9.17) is 14.6 Å². The molecular formula is C30H37N7O2. The number of hydroxylamine groups is 1. The van der Waals surface area contributed by atoms with Crippen LogP contribution in [-0.4, -0.2) is 72.8 Å². The molecule has 39 heavy (non-hydrogen) atoms. The molecule has 2 aliphatic heterocycles. The Bertz CT molecular complexity index is 1280. The van der Waals surface area contributed by atoms with Crippen molar-refractivity contribution in [3.63, 3.8) is 0 Å². The average molecular weight is 528 g/mol. The number of likely N-dealkylation sites (N-methyl/N-ethyl adjacent to an activating group) is 1. The van der Waals surface area contributed by atoms with Gasteiger partial charge in [-0.2, -0.15) is 10.2 Å². The van der Waals surface area contributed by atoms with Gasteiger partial charge >= 0.3 is 0 Å². The molecule has 3 aromatic rings. The largest absolute Gasteiger partial charge is 0.493 e. The molecule has 0 saturated carbocycles. The first-order chi connectivity index (χ1) is 19.0. The molecule has 2 fully saturated rings. The predicted octanol–water partition coefficient (Wildman–Crippen LogP) is 4.61. The first kappa shape index (κ1) is 26.9. The standard InChI is InChI=1S/C30H37N7O2/c1-22-18-26(19-23(2)28(22)38-16-7-11-36-14-12-35(3)13-15-36)33-30-32-21-25(20-31)29(34-30)37-27(10-17-39-37)24-8-5-4-6-9-24/h4-6,8-9,18-19,21,27H,7,10-17H2,1-3H3,(H,32,33,34). The third-order valence-corrected chi connectivity index (χ3v) is 7.36. The molecule has 9 nitrogen and oxygen atoms in total. The van der Waals surface area contributed by atoms with Gasteiger partial charge in [0.1, 0.15) is 17.4 Å². The molecule has 0 radical (unpaired) electrons. The van der Waals surface area contributed by atoms with Crippen LogP contribution in [0.5, 0.6) is 5.75 Å². The lowest BCUT2D eigenvalue weighted by Crippen LogP contribution is -2.44. The van der Waals surface area contributed by atoms with E-state index in [2.05, 4.69) is 59.2 Å². The van der Waals surface area contributed by atoms with E-state index in [-0.39, 0.29) is 6.04 Å². The molecule has 1 aromatic heterocycles. The van der Waals surface area contributed by atoms with Gasteiger partial charge < -0.3 is 19.9 Å². The third-order valence-electron chi connectivity index (χ3n) is 7.36. The van der Waals surface area contributed by atoms with Crippen molar-refractivity contribution in [2.45, 2.75) is 32.7 Å². The number of anilines is 3. The van der Waals surface area contributed by atoms with Gasteiger partial charge in [-0.15, -0.1) is 0 Å². The van der Waals surface area contributed by atoms with Gasteiger partial charge in [-0.05, 0) is 56.1 Å². The number of benzene rings is 2. The summed E-state index contributed by atoms with van der Waals surface area (Å²) in [4.78, 5) is 19.9. The van der Waals surface area contributed by atoms with E-state index in [1.54, 1.807) is 11.3 Å². The summed E-state index contributed by atoms with van der Waals surface area (Å²) in [6.07, 6.45) is 3.37. The summed E-state index contributed by atoms with van der Waals surface area (Å²) in [6.45, 7) is 11.0. The topological polar surface area (TPSA) is 89.8 Å². The molecule has 9 heteroatoms. The molecule has 2 saturated heterocycles. The maximum atomic E-state index is 9.74. The molecule has 5 rings (SSSR count). The van der Waals surface area contributed by atoms with Gasteiger partial charge in [0, 0.05) is 44.8 Å². The number of hydrogen-bond donors (Lipinski definition) is 1. The number of rotatable bonds is 9. The van der Waals surface area contributed by atoms with Crippen molar-refractivity contribution < 1.29 is 9.57 Å². The summed E-state index contributed by atoms with van der Waals surface area (Å²) in [5, 5.41) is 14.8. The highest BCUT2D eigenvalue weighted by Gasteiger charge is 2.31. The molecule has 1 unspecified atom stereocenters. The van der Waals surface area contributed by atoms with Crippen molar-refractivity contribution in [1.29, 1.82) is 5.26 Å². The summed E-state index contributed by atoms with van der Waals surface area (Å²) in [6, 6.07) is 16.4. The lowest BCUT2D eigenvalue weighted by atomic mass is 10.0. The summed E-state index contributed by atoms with van der Waals surface area (Å²) >= 11 is 0. The van der Waals surface area contributed by atoms with Gasteiger partial charge in [0.15, 0.2) is 5.82 Å². The van der Waals surface area contributed by atoms with Crippen molar-refractivity contribution in [3.8, 4) is 11.8 Å². The molecule has 2 aliphatic rings. The number of piperazine rings is 1. The Kier molecular flexibility index (Phi) is 8.57. The second-order valence-corrected chi connectivity index (χ2v) is 10.3. The molecule has 204 valence electrons. The quantitative estimate of drug-likeness (QED) is 0.401. The highest BCUT2D eigenvalue weighted by atomic mass is 16.7. The highest BCUT2D eigenvalue weighted by molar-refractivity contribution is 5.62. The molecule has 0 amide bonds. The third kappa shape index (κ3) is 6.48. The van der Waals surface area contributed by atoms with Crippen LogP contribution in [0.4, 0.5) is 17.5 Å². The number of ether oxygens (including phenoxy) is 1. The second kappa shape index (κ2) is 12.4. The van der Waals surface area contributed by atoms with E-state index in [0.717, 1.165) is 73.7 Å². The summed E-state index contributed by atoms with van der Waals surface area (Å²) in [5.74, 6) is 1.80. The Hall–Kier alpha value is -3.71. The average Bonchev–Trinajstić information content (AvgIpc) is 3.44. The first-order valence-electron chi connectivity index (χ1n) is 13.7. The summed E-state index contributed by atoms with van der Waals surface area (Å²) in [5.41, 5.74) is 4.47. The monoisotopic (exact) mass is 527 g/mol. The lowest BCUT2D eigenvalue weighted by Gasteiger charge is -2.32. The van der Waals surface area contributed by atoms with Crippen molar-refractivity contribution in [1.82, 2.24) is 19.8 Å². The molecule has 0 bridgehead atoms. The van der Waals surface area contributed by atoms with Gasteiger partial charge in [-0.3, -0.25) is 4.84 Å². The zero-order valence-electron chi connectivity index (χ0n) is 23.1. The smallest absolute Gasteiger partial charge is 0.229 e. The maximum absolute atomic E-state index is 9.74. The fourth-order valence-electron chi connectivity index (χ4n) is 5.25. The van der Waals surface area contributed by atoms with Crippen molar-refractivity contribution in [2.24, 2.45) is 0 Å². The Morgan fingerprint density at radius 1 is 1.10 bits per heavy atom. The zero-order valence-corrected chi connectivity index (χ0v) is 23.1. The molecule has 1 N–H and O–H groups in total. The predicted molar refractivity (Wildman–Crippen MR) is 152 cm³/mol. The van der Waals surface area contributed by atoms with E-state index in [9.17, 15) is 5.26 Å². The Morgan fingerprint density at radius 2 is 1.85 bits per heavy atom. The number of aromatic nitrogens is 2. The molecule has 0 spiro atoms. The number of aryl methyl sites for hydroxylation is 2. The molecule has 1 atom stereocenters. The van der Waals surface area contributed by atoms with Gasteiger partial charge in [0.25, 0.3) is 0 Å². The zero-order chi connectivity index (χ0) is 27.2. The van der Waals surface area contributed by atoms with Gasteiger partial charge in [-0.25, -0.2) is 10.0 Å². The molecule has 2 aromatic carbocycles. The number of hydrogen-bond acceptors (Lipinski definition) is 9. The highest BCUT2D eigenvalue weighted by Crippen LogP contribution is 2.36. The van der Waals surface area contributed by atoms with Gasteiger partial charge in [-0.1, -0.05) is 30.3 Å². The van der Waals surface area contributed by atoms with Crippen LogP contribution in [-0.2, 0) is 4.84 Å². The van der Waals surface area contributed by atoms with Gasteiger partial charge in [0.05, 0.1) is 25.5 Å². The van der Waals surface area contributed by atoms with Crippen LogP contribution >= 0.6 is 0 Å². The Morgan fingerprint density at radius 3 is 2.56 bits per heavy atom. The molecule has 3 heterocycles. The number of nitrogens with one attached hydrogen (secondary N) is 1. The SMILES string of the molecule is Cc1cc(Nc2ncc(C#N)c(N3OCCC3c3ccccc3)n2)cc(C)c1OCCCN1CCN(C)CC1. The fraction of sp³-hybridized carbons (Fsp3) is 0.433. The van der Waals surface area contributed by atoms with Crippen LogP contribution in [0.25, 0.3) is 0 Å². The summed E-state index contributed by atoms with van der Waals surface area (Å²) in [7, 11) is 2.18. The van der Waals surface area contributed by atoms with Crippen molar-refractivity contribution >= 4 is 17.5 Å². The molecular weight excluding hydrogens is 490 g/mol. The van der Waals surface area contributed by atoms with Crippen LogP contribution < -0.4 is 15.1 Å². The number of nitrogens with zero attached hydrogens (tertiary/aromatic N) is 6. The van der Waals surface area contributed by atoms with Gasteiger partial charge in [0.2, 0.25) is 5.95 Å². The fourth-order valence-corrected chi connectivity index (χ4v) is 5.25. The Labute approximate surface area is 230 Å². The molecule has 0 aliphatic carbocycles. The normalized spacial score (nSPS) is 18.2. The first-order valence-corrected chi connectivity index (χ1v) is 13.7. The summed E-state index contributed by atoms with van der Waals surface area (Å²) < 4.78 is 6.20. The van der Waals surface area contributed by atoms with Crippen LogP contribution in [0.1, 0.15) is 41.1 Å².